The molecule has 1 aliphatic heterocycles. The van der Waals surface area contributed by atoms with Gasteiger partial charge in [-0.05, 0) is 62.8 Å². The van der Waals surface area contributed by atoms with Crippen molar-refractivity contribution in [3.63, 3.8) is 0 Å². The average molecular weight is 314 g/mol. The number of sulfonamides is 1. The van der Waals surface area contributed by atoms with Crippen LogP contribution in [0, 0.1) is 17.8 Å². The number of piperidine rings is 1. The predicted molar refractivity (Wildman–Crippen MR) is 85.6 cm³/mol. The highest BCUT2D eigenvalue weighted by Gasteiger charge is 2.33. The third kappa shape index (κ3) is 4.42. The molecule has 0 aromatic rings. The van der Waals surface area contributed by atoms with Crippen LogP contribution in [-0.2, 0) is 10.0 Å². The molecule has 21 heavy (non-hydrogen) atoms. The van der Waals surface area contributed by atoms with Crippen molar-refractivity contribution >= 4 is 10.0 Å². The summed E-state index contributed by atoms with van der Waals surface area (Å²) in [4.78, 5) is 0. The van der Waals surface area contributed by atoms with Gasteiger partial charge in [0.05, 0.1) is 6.26 Å². The van der Waals surface area contributed by atoms with Crippen molar-refractivity contribution in [1.29, 1.82) is 0 Å². The van der Waals surface area contributed by atoms with Gasteiger partial charge in [-0.1, -0.05) is 12.8 Å². The Bertz CT molecular complexity index is 447. The van der Waals surface area contributed by atoms with Crippen molar-refractivity contribution in [2.24, 2.45) is 17.8 Å². The molecule has 0 aromatic carbocycles. The summed E-state index contributed by atoms with van der Waals surface area (Å²) in [5, 5.41) is 3.69. The van der Waals surface area contributed by atoms with Gasteiger partial charge in [-0.3, -0.25) is 0 Å². The van der Waals surface area contributed by atoms with Gasteiger partial charge in [-0.2, -0.15) is 0 Å². The fourth-order valence-corrected chi connectivity index (χ4v) is 5.19. The van der Waals surface area contributed by atoms with Gasteiger partial charge in [0.25, 0.3) is 0 Å². The maximum absolute atomic E-state index is 11.7. The molecule has 3 rings (SSSR count). The van der Waals surface area contributed by atoms with Gasteiger partial charge in [-0.25, -0.2) is 12.7 Å². The van der Waals surface area contributed by atoms with E-state index in [1.54, 1.807) is 4.31 Å². The molecule has 5 heteroatoms. The maximum atomic E-state index is 11.7. The number of nitrogens with one attached hydrogen (secondary N) is 1. The lowest BCUT2D eigenvalue weighted by Gasteiger charge is -2.33. The third-order valence-electron chi connectivity index (χ3n) is 5.65. The van der Waals surface area contributed by atoms with Crippen LogP contribution in [0.2, 0.25) is 0 Å². The zero-order valence-electron chi connectivity index (χ0n) is 13.3. The molecule has 1 heterocycles. The molecule has 1 saturated heterocycles. The minimum Gasteiger partial charge on any atom is -0.314 e. The zero-order valence-corrected chi connectivity index (χ0v) is 14.1. The largest absolute Gasteiger partial charge is 0.314 e. The summed E-state index contributed by atoms with van der Waals surface area (Å²) in [7, 11) is -3.00. The number of nitrogens with zero attached hydrogens (tertiary/aromatic N) is 1. The van der Waals surface area contributed by atoms with Gasteiger partial charge in [0.1, 0.15) is 0 Å². The first-order valence-electron chi connectivity index (χ1n) is 8.71. The van der Waals surface area contributed by atoms with Crippen molar-refractivity contribution < 1.29 is 8.42 Å². The molecule has 4 nitrogen and oxygen atoms in total. The van der Waals surface area contributed by atoms with Crippen LogP contribution in [0.25, 0.3) is 0 Å². The SMILES string of the molecule is CS(=O)(=O)N1CCCC(CC2CCCC2CNC2CC2)C1. The second-order valence-corrected chi connectivity index (χ2v) is 9.48. The van der Waals surface area contributed by atoms with Gasteiger partial charge in [0.15, 0.2) is 0 Å². The van der Waals surface area contributed by atoms with E-state index in [9.17, 15) is 8.42 Å². The van der Waals surface area contributed by atoms with Gasteiger partial charge < -0.3 is 5.32 Å². The molecular weight excluding hydrogens is 284 g/mol. The first-order valence-corrected chi connectivity index (χ1v) is 10.6. The molecule has 122 valence electrons. The summed E-state index contributed by atoms with van der Waals surface area (Å²) >= 11 is 0. The van der Waals surface area contributed by atoms with E-state index >= 15 is 0 Å². The summed E-state index contributed by atoms with van der Waals surface area (Å²) in [5.74, 6) is 2.24. The summed E-state index contributed by atoms with van der Waals surface area (Å²) < 4.78 is 25.2. The van der Waals surface area contributed by atoms with Crippen molar-refractivity contribution in [1.82, 2.24) is 9.62 Å². The normalized spacial score (nSPS) is 35.2. The molecule has 0 aromatic heterocycles. The molecule has 3 fully saturated rings. The second-order valence-electron chi connectivity index (χ2n) is 7.50. The summed E-state index contributed by atoms with van der Waals surface area (Å²) in [6, 6.07) is 0.807. The van der Waals surface area contributed by atoms with E-state index in [0.717, 1.165) is 37.4 Å². The van der Waals surface area contributed by atoms with Crippen molar-refractivity contribution in [3.8, 4) is 0 Å². The first kappa shape index (κ1) is 15.8. The molecule has 3 unspecified atom stereocenters. The van der Waals surface area contributed by atoms with Gasteiger partial charge >= 0.3 is 0 Å². The minimum atomic E-state index is -3.00. The molecule has 3 aliphatic rings. The fourth-order valence-electron chi connectivity index (χ4n) is 4.25. The molecule has 3 atom stereocenters. The number of hydrogen-bond donors (Lipinski definition) is 1. The Labute approximate surface area is 129 Å². The summed E-state index contributed by atoms with van der Waals surface area (Å²) in [6.45, 7) is 2.68. The van der Waals surface area contributed by atoms with E-state index in [1.807, 2.05) is 0 Å². The first-order chi connectivity index (χ1) is 10.0. The van der Waals surface area contributed by atoms with Crippen molar-refractivity contribution in [2.75, 3.05) is 25.9 Å². The van der Waals surface area contributed by atoms with Crippen LogP contribution in [0.3, 0.4) is 0 Å². The molecule has 0 amide bonds. The molecule has 2 saturated carbocycles. The quantitative estimate of drug-likeness (QED) is 0.818. The molecule has 0 spiro atoms. The van der Waals surface area contributed by atoms with Crippen LogP contribution < -0.4 is 5.32 Å². The second kappa shape index (κ2) is 6.55. The predicted octanol–water partition coefficient (Wildman–Crippen LogP) is 2.22. The Morgan fingerprint density at radius 1 is 1.05 bits per heavy atom. The van der Waals surface area contributed by atoms with Gasteiger partial charge in [-0.15, -0.1) is 0 Å². The number of rotatable bonds is 6. The van der Waals surface area contributed by atoms with Crippen LogP contribution in [0.4, 0.5) is 0 Å². The van der Waals surface area contributed by atoms with E-state index in [1.165, 1.54) is 57.7 Å². The Kier molecular flexibility index (Phi) is 4.91. The Hall–Kier alpha value is -0.130. The van der Waals surface area contributed by atoms with Crippen LogP contribution in [-0.4, -0.2) is 44.7 Å². The smallest absolute Gasteiger partial charge is 0.211 e. The molecule has 0 bridgehead atoms. The van der Waals surface area contributed by atoms with Crippen molar-refractivity contribution in [3.05, 3.63) is 0 Å². The standard InChI is InChI=1S/C16H30N2O2S/c1-21(19,20)18-9-3-4-13(12-18)10-14-5-2-6-15(14)11-17-16-7-8-16/h13-17H,2-12H2,1H3. The maximum Gasteiger partial charge on any atom is 0.211 e. The Morgan fingerprint density at radius 3 is 2.52 bits per heavy atom. The summed E-state index contributed by atoms with van der Waals surface area (Å²) in [5.41, 5.74) is 0. The topological polar surface area (TPSA) is 49.4 Å². The molecule has 2 aliphatic carbocycles. The third-order valence-corrected chi connectivity index (χ3v) is 6.92. The van der Waals surface area contributed by atoms with Crippen LogP contribution >= 0.6 is 0 Å². The minimum absolute atomic E-state index is 0.583. The highest BCUT2D eigenvalue weighted by Crippen LogP contribution is 2.38. The molecular formula is C16H30N2O2S. The van der Waals surface area contributed by atoms with Crippen LogP contribution in [0.15, 0.2) is 0 Å². The van der Waals surface area contributed by atoms with E-state index in [0.29, 0.717) is 5.92 Å². The number of hydrogen-bond acceptors (Lipinski definition) is 3. The van der Waals surface area contributed by atoms with Crippen LogP contribution in [0.5, 0.6) is 0 Å². The lowest BCUT2D eigenvalue weighted by molar-refractivity contribution is 0.210. The van der Waals surface area contributed by atoms with Gasteiger partial charge in [0, 0.05) is 19.1 Å². The van der Waals surface area contributed by atoms with E-state index in [-0.39, 0.29) is 0 Å². The highest BCUT2D eigenvalue weighted by molar-refractivity contribution is 7.88. The molecule has 0 radical (unpaired) electrons. The zero-order chi connectivity index (χ0) is 14.9. The van der Waals surface area contributed by atoms with Gasteiger partial charge in [0.2, 0.25) is 10.0 Å². The van der Waals surface area contributed by atoms with E-state index in [2.05, 4.69) is 5.32 Å². The summed E-state index contributed by atoms with van der Waals surface area (Å²) in [6.07, 6.45) is 11.7. The lowest BCUT2D eigenvalue weighted by Crippen LogP contribution is -2.40. The highest BCUT2D eigenvalue weighted by atomic mass is 32.2. The lowest BCUT2D eigenvalue weighted by atomic mass is 9.83. The molecule has 1 N–H and O–H groups in total. The monoisotopic (exact) mass is 314 g/mol. The Balaban J connectivity index is 1.49. The Morgan fingerprint density at radius 2 is 1.81 bits per heavy atom. The van der Waals surface area contributed by atoms with E-state index < -0.39 is 10.0 Å². The van der Waals surface area contributed by atoms with E-state index in [4.69, 9.17) is 0 Å². The fraction of sp³-hybridized carbons (Fsp3) is 1.00. The van der Waals surface area contributed by atoms with Crippen molar-refractivity contribution in [2.45, 2.75) is 57.4 Å². The average Bonchev–Trinajstić information content (AvgIpc) is 3.17. The van der Waals surface area contributed by atoms with Crippen LogP contribution in [0.1, 0.15) is 51.4 Å².